The number of aromatic nitrogens is 1. The molecule has 2 aliphatic heterocycles. The minimum atomic E-state index is -1.70. The number of hydrogen-bond acceptors (Lipinski definition) is 12. The summed E-state index contributed by atoms with van der Waals surface area (Å²) < 4.78 is 23.5. The van der Waals surface area contributed by atoms with Gasteiger partial charge in [0.25, 0.3) is 0 Å². The number of halogens is 1. The average molecular weight is 811 g/mol. The van der Waals surface area contributed by atoms with Crippen LogP contribution in [-0.2, 0) is 35.0 Å². The number of nitrogens with one attached hydrogen (secondary N) is 2. The molecule has 6 N–H and O–H groups in total. The van der Waals surface area contributed by atoms with E-state index in [1.807, 2.05) is 60.8 Å². The second-order valence-electron chi connectivity index (χ2n) is 14.3. The standard InChI is InChI=1S/C29H47N3O8.C8H7ClO2.C2H7N.C2H6/c1-16-10-12-24(40-28-25(33)17(2)20(5)39-28)23(37-7)13-11-21(32-31-19(4)22-9-8-14-30-22)18(3)26(34)29(6,36)15-38-27(16)35;9-7-3-1-6(2-4-7)5-8(10)11;1-3-2;1-2/h8-9,14,16-18,20,23-26,28,30,33-34,36H,10-13,15H2,1-7H3;1-4H,5H2,(H,10,11);3H,1-2H3;1-2H3/b31-19+,32-21+;;;/t16?,17?,18?,20?,23?,24-,25?,26?,28?,29?;;;/m1.../s1. The van der Waals surface area contributed by atoms with E-state index < -0.39 is 60.1 Å². The Hall–Kier alpha value is -3.21. The molecule has 2 fully saturated rings. The van der Waals surface area contributed by atoms with Gasteiger partial charge in [0, 0.05) is 35.9 Å². The molecular weight excluding hydrogens is 744 g/mol. The molecule has 4 rings (SSSR count). The summed E-state index contributed by atoms with van der Waals surface area (Å²) in [6, 6.07) is 10.5. The topological polar surface area (TPSA) is 205 Å². The number of cyclic esters (lactones) is 1. The molecule has 2 aliphatic rings. The Morgan fingerprint density at radius 3 is 2.20 bits per heavy atom. The van der Waals surface area contributed by atoms with Crippen LogP contribution in [-0.4, -0.2) is 119 Å². The molecule has 3 heterocycles. The van der Waals surface area contributed by atoms with Gasteiger partial charge in [0.15, 0.2) is 6.29 Å². The zero-order valence-electron chi connectivity index (χ0n) is 35.0. The molecule has 0 amide bonds. The van der Waals surface area contributed by atoms with Crippen LogP contribution in [0.3, 0.4) is 0 Å². The molecule has 318 valence electrons. The number of ether oxygens (including phenoxy) is 4. The highest BCUT2D eigenvalue weighted by molar-refractivity contribution is 6.30. The van der Waals surface area contributed by atoms with Crippen molar-refractivity contribution in [2.45, 2.75) is 130 Å². The van der Waals surface area contributed by atoms with E-state index in [-0.39, 0.29) is 25.0 Å². The molecule has 14 nitrogen and oxygen atoms in total. The molecule has 0 aliphatic carbocycles. The smallest absolute Gasteiger partial charge is 0.308 e. The van der Waals surface area contributed by atoms with E-state index in [2.05, 4.69) is 20.5 Å². The van der Waals surface area contributed by atoms with Crippen LogP contribution in [0.15, 0.2) is 52.8 Å². The van der Waals surface area contributed by atoms with Gasteiger partial charge in [0.2, 0.25) is 0 Å². The van der Waals surface area contributed by atoms with Crippen molar-refractivity contribution in [3.05, 3.63) is 58.9 Å². The van der Waals surface area contributed by atoms with Gasteiger partial charge >= 0.3 is 11.9 Å². The van der Waals surface area contributed by atoms with Crippen molar-refractivity contribution < 1.29 is 49.0 Å². The first-order chi connectivity index (χ1) is 26.4. The summed E-state index contributed by atoms with van der Waals surface area (Å²) in [5.41, 5.74) is 1.09. The van der Waals surface area contributed by atoms with E-state index in [1.165, 1.54) is 6.92 Å². The van der Waals surface area contributed by atoms with E-state index in [1.54, 1.807) is 51.4 Å². The number of H-pyrrole nitrogens is 1. The fraction of sp³-hybridized carbons (Fsp3) is 0.659. The van der Waals surface area contributed by atoms with E-state index in [0.29, 0.717) is 42.1 Å². The molecule has 56 heavy (non-hydrogen) atoms. The lowest BCUT2D eigenvalue weighted by atomic mass is 9.84. The number of rotatable bonds is 7. The quantitative estimate of drug-likeness (QED) is 0.115. The summed E-state index contributed by atoms with van der Waals surface area (Å²) in [5, 5.41) is 53.6. The van der Waals surface area contributed by atoms with Crippen LogP contribution in [0.4, 0.5) is 0 Å². The van der Waals surface area contributed by atoms with Crippen LogP contribution in [0, 0.1) is 17.8 Å². The second-order valence-corrected chi connectivity index (χ2v) is 14.7. The van der Waals surface area contributed by atoms with Crippen LogP contribution in [0.2, 0.25) is 5.02 Å². The molecule has 0 radical (unpaired) electrons. The first-order valence-electron chi connectivity index (χ1n) is 19.3. The maximum absolute atomic E-state index is 12.8. The Labute approximate surface area is 338 Å². The van der Waals surface area contributed by atoms with E-state index in [9.17, 15) is 24.9 Å². The van der Waals surface area contributed by atoms with E-state index in [0.717, 1.165) is 11.3 Å². The van der Waals surface area contributed by atoms with Gasteiger partial charge in [-0.25, -0.2) is 0 Å². The Balaban J connectivity index is 0.000000819. The van der Waals surface area contributed by atoms with Crippen molar-refractivity contribution in [2.75, 3.05) is 27.8 Å². The van der Waals surface area contributed by atoms with Crippen molar-refractivity contribution in [3.63, 3.8) is 0 Å². The number of aliphatic hydroxyl groups excluding tert-OH is 2. The fourth-order valence-corrected chi connectivity index (χ4v) is 6.03. The molecule has 0 saturated carbocycles. The molecule has 15 heteroatoms. The summed E-state index contributed by atoms with van der Waals surface area (Å²) in [5.74, 6) is -2.50. The number of aromatic amines is 1. The van der Waals surface area contributed by atoms with Gasteiger partial charge in [0.1, 0.15) is 18.3 Å². The number of hydrogen-bond donors (Lipinski definition) is 6. The van der Waals surface area contributed by atoms with Crippen LogP contribution >= 0.6 is 11.6 Å². The predicted octanol–water partition coefficient (Wildman–Crippen LogP) is 5.65. The number of carbonyl (C=O) groups is 2. The lowest BCUT2D eigenvalue weighted by Gasteiger charge is -2.35. The van der Waals surface area contributed by atoms with Crippen LogP contribution in [0.1, 0.15) is 92.3 Å². The highest BCUT2D eigenvalue weighted by atomic mass is 35.5. The second kappa shape index (κ2) is 25.9. The number of benzene rings is 1. The van der Waals surface area contributed by atoms with Gasteiger partial charge in [-0.05, 0) is 90.4 Å². The van der Waals surface area contributed by atoms with Gasteiger partial charge in [0.05, 0.1) is 48.2 Å². The molecular formula is C41H67ClN4O10. The Kier molecular flexibility index (Phi) is 23.5. The van der Waals surface area contributed by atoms with E-state index in [4.69, 9.17) is 35.7 Å². The minimum absolute atomic E-state index is 0.0527. The highest BCUT2D eigenvalue weighted by Gasteiger charge is 2.43. The summed E-state index contributed by atoms with van der Waals surface area (Å²) >= 11 is 5.60. The van der Waals surface area contributed by atoms with Gasteiger partial charge in [-0.15, -0.1) is 0 Å². The van der Waals surface area contributed by atoms with E-state index >= 15 is 0 Å². The van der Waals surface area contributed by atoms with Crippen molar-refractivity contribution in [2.24, 2.45) is 28.0 Å². The Bertz CT molecular complexity index is 1470. The number of methoxy groups -OCH3 is 1. The Morgan fingerprint density at radius 1 is 1.05 bits per heavy atom. The zero-order valence-corrected chi connectivity index (χ0v) is 35.7. The normalized spacial score (nSPS) is 31.0. The third-order valence-electron chi connectivity index (χ3n) is 9.63. The first-order valence-corrected chi connectivity index (χ1v) is 19.7. The van der Waals surface area contributed by atoms with Crippen LogP contribution in [0.25, 0.3) is 0 Å². The average Bonchev–Trinajstić information content (AvgIpc) is 3.80. The fourth-order valence-electron chi connectivity index (χ4n) is 5.91. The monoisotopic (exact) mass is 810 g/mol. The summed E-state index contributed by atoms with van der Waals surface area (Å²) in [7, 11) is 5.34. The molecule has 0 spiro atoms. The minimum Gasteiger partial charge on any atom is -0.481 e. The molecule has 1 aromatic carbocycles. The summed E-state index contributed by atoms with van der Waals surface area (Å²) in [4.78, 5) is 26.1. The number of carboxylic acid groups (broad SMARTS) is 1. The number of esters is 1. The number of aliphatic carboxylic acids is 1. The van der Waals surface area contributed by atoms with Crippen LogP contribution < -0.4 is 5.32 Å². The molecule has 2 aromatic rings. The largest absolute Gasteiger partial charge is 0.481 e. The zero-order chi connectivity index (χ0) is 42.6. The van der Waals surface area contributed by atoms with Gasteiger partial charge in [-0.3, -0.25) is 9.59 Å². The van der Waals surface area contributed by atoms with Crippen molar-refractivity contribution in [3.8, 4) is 0 Å². The number of carboxylic acids is 1. The molecule has 2 saturated heterocycles. The molecule has 9 unspecified atom stereocenters. The van der Waals surface area contributed by atoms with Crippen molar-refractivity contribution in [1.82, 2.24) is 10.3 Å². The summed E-state index contributed by atoms with van der Waals surface area (Å²) in [6.45, 7) is 14.2. The number of carbonyl (C=O) groups excluding carboxylic acids is 1. The highest BCUT2D eigenvalue weighted by Crippen LogP contribution is 2.31. The van der Waals surface area contributed by atoms with Gasteiger partial charge < -0.3 is 49.7 Å². The SMILES string of the molecule is CC.CNC.COC1CC/C(=N\N=C(/C)c2ccc[nH]2)C(C)C(O)C(C)(O)COC(=O)C(C)CC[C@H]1OC1OC(C)C(C)C1O.O=C(O)Cc1ccc(Cl)cc1. The first kappa shape index (κ1) is 50.8. The number of nitrogens with zero attached hydrogens (tertiary/aromatic N) is 2. The van der Waals surface area contributed by atoms with Gasteiger partial charge in [-0.1, -0.05) is 58.4 Å². The van der Waals surface area contributed by atoms with Gasteiger partial charge in [-0.2, -0.15) is 10.2 Å². The number of aliphatic hydroxyl groups is 3. The summed E-state index contributed by atoms with van der Waals surface area (Å²) in [6.07, 6.45) is -0.387. The maximum Gasteiger partial charge on any atom is 0.308 e. The van der Waals surface area contributed by atoms with Crippen molar-refractivity contribution >= 4 is 35.0 Å². The molecule has 10 atom stereocenters. The van der Waals surface area contributed by atoms with Crippen molar-refractivity contribution in [1.29, 1.82) is 0 Å². The lowest BCUT2D eigenvalue weighted by Crippen LogP contribution is -2.50. The lowest BCUT2D eigenvalue weighted by molar-refractivity contribution is -0.212. The molecule has 1 aromatic heterocycles. The predicted molar refractivity (Wildman–Crippen MR) is 219 cm³/mol. The third kappa shape index (κ3) is 16.7. The van der Waals surface area contributed by atoms with Crippen LogP contribution in [0.5, 0.6) is 0 Å². The molecule has 0 bridgehead atoms. The third-order valence-corrected chi connectivity index (χ3v) is 9.88. The Morgan fingerprint density at radius 2 is 1.68 bits per heavy atom. The maximum atomic E-state index is 12.8.